The van der Waals surface area contributed by atoms with Crippen molar-refractivity contribution in [2.75, 3.05) is 18.9 Å². The van der Waals surface area contributed by atoms with Crippen LogP contribution in [0.25, 0.3) is 0 Å². The number of carbonyl (C=O) groups is 1. The molecule has 0 saturated carbocycles. The van der Waals surface area contributed by atoms with Gasteiger partial charge in [-0.05, 0) is 49.9 Å². The van der Waals surface area contributed by atoms with Crippen LogP contribution in [0, 0.1) is 0 Å². The molecule has 3 rings (SSSR count). The van der Waals surface area contributed by atoms with Gasteiger partial charge in [0.25, 0.3) is 5.91 Å². The predicted molar refractivity (Wildman–Crippen MR) is 97.6 cm³/mol. The molecule has 1 amide bonds. The molecule has 0 radical (unpaired) electrons. The van der Waals surface area contributed by atoms with Crippen molar-refractivity contribution >= 4 is 21.8 Å². The third kappa shape index (κ3) is 3.66. The SMILES string of the molecule is CCCCN(C)S(=O)(=O)c1ccc(C(=O)Nc2onc3c2CCC3)cc1. The monoisotopic (exact) mass is 377 g/mol. The van der Waals surface area contributed by atoms with Crippen molar-refractivity contribution in [3.8, 4) is 0 Å². The zero-order chi connectivity index (χ0) is 18.7. The van der Waals surface area contributed by atoms with Gasteiger partial charge in [0.1, 0.15) is 0 Å². The first-order valence-electron chi connectivity index (χ1n) is 8.78. The van der Waals surface area contributed by atoms with Gasteiger partial charge in [-0.1, -0.05) is 18.5 Å². The molecule has 140 valence electrons. The second-order valence-electron chi connectivity index (χ2n) is 6.45. The second kappa shape index (κ2) is 7.59. The molecule has 7 nitrogen and oxygen atoms in total. The van der Waals surface area contributed by atoms with Crippen LogP contribution in [0.15, 0.2) is 33.7 Å². The van der Waals surface area contributed by atoms with E-state index in [2.05, 4.69) is 10.5 Å². The van der Waals surface area contributed by atoms with Gasteiger partial charge in [0.15, 0.2) is 0 Å². The molecule has 1 heterocycles. The van der Waals surface area contributed by atoms with Gasteiger partial charge in [0.05, 0.1) is 10.6 Å². The van der Waals surface area contributed by atoms with Crippen LogP contribution in [0.5, 0.6) is 0 Å². The van der Waals surface area contributed by atoms with Gasteiger partial charge >= 0.3 is 0 Å². The quantitative estimate of drug-likeness (QED) is 0.801. The third-order valence-corrected chi connectivity index (χ3v) is 6.46. The fourth-order valence-corrected chi connectivity index (χ4v) is 4.17. The summed E-state index contributed by atoms with van der Waals surface area (Å²) in [7, 11) is -1.97. The number of benzene rings is 1. The Morgan fingerprint density at radius 1 is 1.27 bits per heavy atom. The molecule has 0 unspecified atom stereocenters. The first-order chi connectivity index (χ1) is 12.4. The standard InChI is InChI=1S/C18H23N3O4S/c1-3-4-12-21(2)26(23,24)14-10-8-13(9-11-14)17(22)19-18-15-6-5-7-16(15)20-25-18/h8-11H,3-7,12H2,1-2H3,(H,19,22). The van der Waals surface area contributed by atoms with Gasteiger partial charge < -0.3 is 4.52 Å². The summed E-state index contributed by atoms with van der Waals surface area (Å²) in [4.78, 5) is 12.6. The topological polar surface area (TPSA) is 92.5 Å². The number of aromatic nitrogens is 1. The highest BCUT2D eigenvalue weighted by Crippen LogP contribution is 2.28. The van der Waals surface area contributed by atoms with Crippen molar-refractivity contribution in [1.29, 1.82) is 0 Å². The number of unbranched alkanes of at least 4 members (excludes halogenated alkanes) is 1. The van der Waals surface area contributed by atoms with E-state index in [4.69, 9.17) is 4.52 Å². The maximum atomic E-state index is 12.5. The maximum Gasteiger partial charge on any atom is 0.258 e. The number of nitrogens with one attached hydrogen (secondary N) is 1. The van der Waals surface area contributed by atoms with Crippen molar-refractivity contribution in [1.82, 2.24) is 9.46 Å². The molecule has 1 aromatic heterocycles. The molecule has 0 fully saturated rings. The number of rotatable bonds is 7. The summed E-state index contributed by atoms with van der Waals surface area (Å²) in [5, 5.41) is 6.68. The molecule has 1 aliphatic carbocycles. The fourth-order valence-electron chi connectivity index (χ4n) is 2.96. The Morgan fingerprint density at radius 2 is 2.00 bits per heavy atom. The van der Waals surface area contributed by atoms with Crippen LogP contribution in [0.1, 0.15) is 47.8 Å². The number of fused-ring (bicyclic) bond motifs is 1. The van der Waals surface area contributed by atoms with Gasteiger partial charge in [-0.25, -0.2) is 12.7 Å². The van der Waals surface area contributed by atoms with E-state index in [0.29, 0.717) is 18.0 Å². The normalized spacial score (nSPS) is 13.8. The van der Waals surface area contributed by atoms with E-state index in [9.17, 15) is 13.2 Å². The largest absolute Gasteiger partial charge is 0.338 e. The van der Waals surface area contributed by atoms with Crippen molar-refractivity contribution in [3.05, 3.63) is 41.1 Å². The van der Waals surface area contributed by atoms with Crippen LogP contribution in [-0.4, -0.2) is 37.4 Å². The molecular weight excluding hydrogens is 354 g/mol. The van der Waals surface area contributed by atoms with Gasteiger partial charge in [-0.15, -0.1) is 0 Å². The summed E-state index contributed by atoms with van der Waals surface area (Å²) in [6, 6.07) is 5.92. The van der Waals surface area contributed by atoms with E-state index in [0.717, 1.165) is 43.4 Å². The molecule has 0 bridgehead atoms. The zero-order valence-electron chi connectivity index (χ0n) is 15.0. The van der Waals surface area contributed by atoms with E-state index in [-0.39, 0.29) is 10.8 Å². The highest BCUT2D eigenvalue weighted by atomic mass is 32.2. The first kappa shape index (κ1) is 18.6. The molecule has 1 aliphatic rings. The van der Waals surface area contributed by atoms with Gasteiger partial charge in [-0.3, -0.25) is 10.1 Å². The summed E-state index contributed by atoms with van der Waals surface area (Å²) in [6.45, 7) is 2.48. The Labute approximate surface area is 153 Å². The first-order valence-corrected chi connectivity index (χ1v) is 10.2. The number of sulfonamides is 1. The van der Waals surface area contributed by atoms with E-state index >= 15 is 0 Å². The van der Waals surface area contributed by atoms with Crippen LogP contribution < -0.4 is 5.32 Å². The zero-order valence-corrected chi connectivity index (χ0v) is 15.8. The number of nitrogens with zero attached hydrogens (tertiary/aromatic N) is 2. The van der Waals surface area contributed by atoms with E-state index < -0.39 is 10.0 Å². The summed E-state index contributed by atoms with van der Waals surface area (Å²) in [6.07, 6.45) is 4.44. The van der Waals surface area contributed by atoms with Crippen LogP contribution in [-0.2, 0) is 22.9 Å². The number of hydrogen-bond donors (Lipinski definition) is 1. The van der Waals surface area contributed by atoms with Gasteiger partial charge in [0.2, 0.25) is 15.9 Å². The summed E-state index contributed by atoms with van der Waals surface area (Å²) >= 11 is 0. The predicted octanol–water partition coefficient (Wildman–Crippen LogP) is 2.84. The molecule has 2 aromatic rings. The Bertz CT molecular complexity index is 888. The van der Waals surface area contributed by atoms with E-state index in [1.54, 1.807) is 7.05 Å². The maximum absolute atomic E-state index is 12.5. The Morgan fingerprint density at radius 3 is 2.69 bits per heavy atom. The molecule has 0 aliphatic heterocycles. The number of amides is 1. The number of aryl methyl sites for hydroxylation is 1. The summed E-state index contributed by atoms with van der Waals surface area (Å²) in [5.74, 6) is 0.0395. The van der Waals surface area contributed by atoms with Crippen molar-refractivity contribution in [2.45, 2.75) is 43.9 Å². The molecular formula is C18H23N3O4S. The average Bonchev–Trinajstić information content (AvgIpc) is 3.24. The molecule has 0 saturated heterocycles. The highest BCUT2D eigenvalue weighted by molar-refractivity contribution is 7.89. The lowest BCUT2D eigenvalue weighted by Crippen LogP contribution is -2.28. The lowest BCUT2D eigenvalue weighted by molar-refractivity contribution is 0.102. The van der Waals surface area contributed by atoms with Crippen molar-refractivity contribution in [2.24, 2.45) is 0 Å². The second-order valence-corrected chi connectivity index (χ2v) is 8.49. The van der Waals surface area contributed by atoms with Crippen molar-refractivity contribution in [3.63, 3.8) is 0 Å². The Hall–Kier alpha value is -2.19. The third-order valence-electron chi connectivity index (χ3n) is 4.59. The number of hydrogen-bond acceptors (Lipinski definition) is 5. The highest BCUT2D eigenvalue weighted by Gasteiger charge is 2.23. The minimum atomic E-state index is -3.54. The molecule has 26 heavy (non-hydrogen) atoms. The van der Waals surface area contributed by atoms with Crippen LogP contribution >= 0.6 is 0 Å². The van der Waals surface area contributed by atoms with Gasteiger partial charge in [-0.2, -0.15) is 0 Å². The number of carbonyl (C=O) groups excluding carboxylic acids is 1. The average molecular weight is 377 g/mol. The van der Waals surface area contributed by atoms with Crippen LogP contribution in [0.3, 0.4) is 0 Å². The summed E-state index contributed by atoms with van der Waals surface area (Å²) < 4.78 is 31.5. The minimum Gasteiger partial charge on any atom is -0.338 e. The molecule has 8 heteroatoms. The summed E-state index contributed by atoms with van der Waals surface area (Å²) in [5.41, 5.74) is 2.22. The van der Waals surface area contributed by atoms with Crippen molar-refractivity contribution < 1.29 is 17.7 Å². The molecule has 0 atom stereocenters. The lowest BCUT2D eigenvalue weighted by Gasteiger charge is -2.16. The number of anilines is 1. The molecule has 1 N–H and O–H groups in total. The molecule has 1 aromatic carbocycles. The van der Waals surface area contributed by atoms with Crippen LogP contribution in [0.2, 0.25) is 0 Å². The van der Waals surface area contributed by atoms with Crippen LogP contribution in [0.4, 0.5) is 5.88 Å². The smallest absolute Gasteiger partial charge is 0.258 e. The minimum absolute atomic E-state index is 0.174. The Balaban J connectivity index is 1.71. The lowest BCUT2D eigenvalue weighted by atomic mass is 10.2. The molecule has 0 spiro atoms. The van der Waals surface area contributed by atoms with E-state index in [1.165, 1.54) is 28.6 Å². The Kier molecular flexibility index (Phi) is 5.43. The fraction of sp³-hybridized carbons (Fsp3) is 0.444. The van der Waals surface area contributed by atoms with E-state index in [1.807, 2.05) is 6.92 Å². The van der Waals surface area contributed by atoms with Gasteiger partial charge in [0, 0.05) is 24.7 Å².